The third-order valence-electron chi connectivity index (χ3n) is 3.93. The third kappa shape index (κ3) is 4.26. The van der Waals surface area contributed by atoms with Crippen LogP contribution in [0.3, 0.4) is 0 Å². The van der Waals surface area contributed by atoms with Crippen molar-refractivity contribution in [2.75, 3.05) is 6.26 Å². The van der Waals surface area contributed by atoms with E-state index < -0.39 is 15.4 Å². The van der Waals surface area contributed by atoms with E-state index >= 15 is 0 Å². The summed E-state index contributed by atoms with van der Waals surface area (Å²) in [7, 11) is -3.31. The Morgan fingerprint density at radius 2 is 1.79 bits per heavy atom. The third-order valence-corrected chi connectivity index (χ3v) is 5.30. The summed E-state index contributed by atoms with van der Waals surface area (Å²) in [6.45, 7) is 3.64. The van der Waals surface area contributed by atoms with Gasteiger partial charge in [0.15, 0.2) is 15.6 Å². The summed E-state index contributed by atoms with van der Waals surface area (Å²) < 4.78 is 30.4. The quantitative estimate of drug-likeness (QED) is 0.630. The molecule has 3 rings (SSSR count). The summed E-state index contributed by atoms with van der Waals surface area (Å²) in [6.07, 6.45) is 2.43. The van der Waals surface area contributed by atoms with E-state index in [1.165, 1.54) is 23.0 Å². The molecule has 0 saturated carbocycles. The molecule has 0 saturated heterocycles. The molecule has 0 unspecified atom stereocenters. The molecule has 0 aliphatic heterocycles. The van der Waals surface area contributed by atoms with Gasteiger partial charge in [0.2, 0.25) is 0 Å². The van der Waals surface area contributed by atoms with E-state index in [-0.39, 0.29) is 16.7 Å². The first-order valence-electron chi connectivity index (χ1n) is 8.52. The van der Waals surface area contributed by atoms with Gasteiger partial charge in [0, 0.05) is 16.8 Å². The Morgan fingerprint density at radius 3 is 2.36 bits per heavy atom. The molecular weight excluding hydrogens is 400 g/mol. The van der Waals surface area contributed by atoms with E-state index in [4.69, 9.17) is 16.3 Å². The number of hydrogen-bond donors (Lipinski definition) is 0. The lowest BCUT2D eigenvalue weighted by Gasteiger charge is -2.15. The topological polar surface area (TPSA) is 78.3 Å². The van der Waals surface area contributed by atoms with E-state index in [0.29, 0.717) is 21.8 Å². The van der Waals surface area contributed by atoms with Crippen LogP contribution in [-0.4, -0.2) is 30.6 Å². The number of benzene rings is 2. The molecule has 1 aromatic heterocycles. The molecule has 0 aliphatic carbocycles. The Morgan fingerprint density at radius 1 is 1.11 bits per heavy atom. The Hall–Kier alpha value is -2.64. The van der Waals surface area contributed by atoms with E-state index in [1.54, 1.807) is 36.4 Å². The molecule has 0 atom stereocenters. The van der Waals surface area contributed by atoms with Gasteiger partial charge in [0.25, 0.3) is 0 Å². The van der Waals surface area contributed by atoms with Crippen molar-refractivity contribution in [3.05, 3.63) is 70.1 Å². The lowest BCUT2D eigenvalue weighted by Crippen LogP contribution is -2.25. The van der Waals surface area contributed by atoms with Gasteiger partial charge in [-0.1, -0.05) is 29.8 Å². The van der Waals surface area contributed by atoms with Crippen molar-refractivity contribution in [3.63, 3.8) is 0 Å². The zero-order chi connectivity index (χ0) is 20.5. The van der Waals surface area contributed by atoms with Crippen LogP contribution in [0.1, 0.15) is 13.8 Å². The van der Waals surface area contributed by atoms with Crippen molar-refractivity contribution < 1.29 is 13.2 Å². The summed E-state index contributed by atoms with van der Waals surface area (Å²) in [5, 5.41) is 4.74. The summed E-state index contributed by atoms with van der Waals surface area (Å²) in [6, 6.07) is 13.0. The maximum atomic E-state index is 13.1. The number of sulfone groups is 1. The lowest BCUT2D eigenvalue weighted by molar-refractivity contribution is 0.238. The minimum Gasteiger partial charge on any atom is -0.485 e. The summed E-state index contributed by atoms with van der Waals surface area (Å²) in [5.41, 5.74) is 1.20. The van der Waals surface area contributed by atoms with Crippen molar-refractivity contribution in [3.8, 4) is 22.6 Å². The highest BCUT2D eigenvalue weighted by Gasteiger charge is 2.18. The SMILES string of the molecule is CC(C)Oc1c(-c2ccc(S(C)(=O)=O)cc2)cnn(-c2cccc(Cl)c2)c1=O. The average Bonchev–Trinajstić information content (AvgIpc) is 2.62. The van der Waals surface area contributed by atoms with Crippen molar-refractivity contribution in [1.82, 2.24) is 9.78 Å². The molecule has 2 aromatic carbocycles. The van der Waals surface area contributed by atoms with Crippen LogP contribution in [0, 0.1) is 0 Å². The predicted molar refractivity (Wildman–Crippen MR) is 109 cm³/mol. The van der Waals surface area contributed by atoms with Crippen molar-refractivity contribution in [2.24, 2.45) is 0 Å². The molecule has 8 heteroatoms. The minimum absolute atomic E-state index is 0.136. The molecule has 3 aromatic rings. The Bertz CT molecular complexity index is 1170. The number of hydrogen-bond acceptors (Lipinski definition) is 5. The van der Waals surface area contributed by atoms with Crippen LogP contribution < -0.4 is 10.3 Å². The van der Waals surface area contributed by atoms with Gasteiger partial charge in [-0.25, -0.2) is 8.42 Å². The van der Waals surface area contributed by atoms with Crippen LogP contribution in [0.2, 0.25) is 5.02 Å². The highest BCUT2D eigenvalue weighted by Crippen LogP contribution is 2.28. The first kappa shape index (κ1) is 20.1. The highest BCUT2D eigenvalue weighted by atomic mass is 35.5. The highest BCUT2D eigenvalue weighted by molar-refractivity contribution is 7.90. The first-order valence-corrected chi connectivity index (χ1v) is 10.8. The van der Waals surface area contributed by atoms with E-state index in [0.717, 1.165) is 6.26 Å². The number of rotatable bonds is 5. The fourth-order valence-corrected chi connectivity index (χ4v) is 3.48. The molecule has 0 amide bonds. The second-order valence-corrected chi connectivity index (χ2v) is 9.00. The van der Waals surface area contributed by atoms with Gasteiger partial charge in [0.1, 0.15) is 0 Å². The van der Waals surface area contributed by atoms with Gasteiger partial charge < -0.3 is 4.74 Å². The first-order chi connectivity index (χ1) is 13.2. The van der Waals surface area contributed by atoms with Gasteiger partial charge >= 0.3 is 5.56 Å². The molecule has 0 fully saturated rings. The Kier molecular flexibility index (Phi) is 5.58. The summed E-state index contributed by atoms with van der Waals surface area (Å²) in [4.78, 5) is 13.3. The average molecular weight is 419 g/mol. The molecule has 1 heterocycles. The maximum absolute atomic E-state index is 13.1. The normalized spacial score (nSPS) is 11.6. The second-order valence-electron chi connectivity index (χ2n) is 6.55. The molecule has 0 spiro atoms. The minimum atomic E-state index is -3.31. The lowest BCUT2D eigenvalue weighted by atomic mass is 10.1. The number of halogens is 1. The smallest absolute Gasteiger partial charge is 0.314 e. The molecule has 0 bridgehead atoms. The van der Waals surface area contributed by atoms with E-state index in [2.05, 4.69) is 5.10 Å². The van der Waals surface area contributed by atoms with Crippen LogP contribution in [-0.2, 0) is 9.84 Å². The zero-order valence-electron chi connectivity index (χ0n) is 15.6. The van der Waals surface area contributed by atoms with Gasteiger partial charge in [-0.3, -0.25) is 4.79 Å². The number of aromatic nitrogens is 2. The second kappa shape index (κ2) is 7.77. The van der Waals surface area contributed by atoms with E-state index in [1.807, 2.05) is 13.8 Å². The largest absolute Gasteiger partial charge is 0.485 e. The molecule has 0 N–H and O–H groups in total. The standard InChI is InChI=1S/C20H19ClN2O4S/c1-13(2)27-19-18(14-7-9-17(10-8-14)28(3,25)26)12-22-23(20(19)24)16-6-4-5-15(21)11-16/h4-13H,1-3H3. The number of nitrogens with zero attached hydrogens (tertiary/aromatic N) is 2. The molecule has 0 radical (unpaired) electrons. The van der Waals surface area contributed by atoms with Crippen LogP contribution in [0.4, 0.5) is 0 Å². The Labute approximate surface area is 168 Å². The maximum Gasteiger partial charge on any atom is 0.314 e. The van der Waals surface area contributed by atoms with Crippen LogP contribution in [0.25, 0.3) is 16.8 Å². The van der Waals surface area contributed by atoms with Gasteiger partial charge in [-0.15, -0.1) is 0 Å². The molecule has 0 aliphatic rings. The summed E-state index contributed by atoms with van der Waals surface area (Å²) in [5.74, 6) is 0.136. The van der Waals surface area contributed by atoms with Gasteiger partial charge in [-0.05, 0) is 49.7 Å². The van der Waals surface area contributed by atoms with Crippen molar-refractivity contribution >= 4 is 21.4 Å². The van der Waals surface area contributed by atoms with Crippen molar-refractivity contribution in [2.45, 2.75) is 24.8 Å². The summed E-state index contributed by atoms with van der Waals surface area (Å²) >= 11 is 6.03. The monoisotopic (exact) mass is 418 g/mol. The molecular formula is C20H19ClN2O4S. The van der Waals surface area contributed by atoms with Crippen LogP contribution in [0.5, 0.6) is 5.75 Å². The van der Waals surface area contributed by atoms with Gasteiger partial charge in [-0.2, -0.15) is 9.78 Å². The predicted octanol–water partition coefficient (Wildman–Crippen LogP) is 3.74. The number of ether oxygens (including phenoxy) is 1. The fourth-order valence-electron chi connectivity index (χ4n) is 2.67. The van der Waals surface area contributed by atoms with Crippen LogP contribution in [0.15, 0.2) is 64.4 Å². The van der Waals surface area contributed by atoms with E-state index in [9.17, 15) is 13.2 Å². The molecule has 6 nitrogen and oxygen atoms in total. The zero-order valence-corrected chi connectivity index (χ0v) is 17.2. The van der Waals surface area contributed by atoms with Gasteiger partial charge in [0.05, 0.1) is 22.9 Å². The Balaban J connectivity index is 2.16. The fraction of sp³-hybridized carbons (Fsp3) is 0.200. The molecule has 146 valence electrons. The van der Waals surface area contributed by atoms with Crippen LogP contribution >= 0.6 is 11.6 Å². The molecule has 28 heavy (non-hydrogen) atoms. The van der Waals surface area contributed by atoms with Crippen molar-refractivity contribution in [1.29, 1.82) is 0 Å².